The second-order valence-electron chi connectivity index (χ2n) is 8.00. The van der Waals surface area contributed by atoms with Gasteiger partial charge in [-0.05, 0) is 51.0 Å². The Morgan fingerprint density at radius 3 is 2.30 bits per heavy atom. The number of carbonyl (C=O) groups is 2. The predicted molar refractivity (Wildman–Crippen MR) is 112 cm³/mol. The lowest BCUT2D eigenvalue weighted by Crippen LogP contribution is -2.44. The van der Waals surface area contributed by atoms with Crippen LogP contribution in [0.15, 0.2) is 0 Å². The molecule has 2 aliphatic rings. The van der Waals surface area contributed by atoms with Crippen molar-refractivity contribution < 1.29 is 9.59 Å². The Labute approximate surface area is 170 Å². The van der Waals surface area contributed by atoms with Gasteiger partial charge in [0.15, 0.2) is 0 Å². The number of hydrogen-bond donors (Lipinski definition) is 4. The third kappa shape index (κ3) is 9.65. The van der Waals surface area contributed by atoms with Gasteiger partial charge in [0.1, 0.15) is 0 Å². The van der Waals surface area contributed by atoms with E-state index in [1.54, 1.807) is 0 Å². The minimum Gasteiger partial charge on any atom is -0.353 e. The van der Waals surface area contributed by atoms with Crippen molar-refractivity contribution in [2.75, 3.05) is 13.1 Å². The minimum absolute atomic E-state index is 0. The Kier molecular flexibility index (Phi) is 12.5. The quantitative estimate of drug-likeness (QED) is 0.446. The van der Waals surface area contributed by atoms with Crippen LogP contribution in [0.1, 0.15) is 83.5 Å². The molecule has 2 aliphatic carbocycles. The fraction of sp³-hybridized carbons (Fsp3) is 0.900. The Bertz CT molecular complexity index is 430. The van der Waals surface area contributed by atoms with E-state index in [1.165, 1.54) is 32.1 Å². The van der Waals surface area contributed by atoms with Gasteiger partial charge in [0, 0.05) is 25.0 Å². The number of carbonyl (C=O) groups excluding carboxylic acids is 2. The summed E-state index contributed by atoms with van der Waals surface area (Å²) < 4.78 is 0. The minimum atomic E-state index is -0.0419. The molecule has 2 atom stereocenters. The molecule has 0 bridgehead atoms. The first kappa shape index (κ1) is 24.0. The predicted octanol–water partition coefficient (Wildman–Crippen LogP) is 3.23. The first-order valence-corrected chi connectivity index (χ1v) is 10.7. The molecule has 0 radical (unpaired) electrons. The molecule has 6 nitrogen and oxygen atoms in total. The van der Waals surface area contributed by atoms with Gasteiger partial charge in [-0.15, -0.1) is 12.4 Å². The number of hydrogen-bond acceptors (Lipinski definition) is 3. The number of unbranched alkanes of at least 4 members (excludes halogenated alkanes) is 2. The van der Waals surface area contributed by atoms with Crippen LogP contribution in [0.2, 0.25) is 0 Å². The maximum Gasteiger partial charge on any atom is 0.315 e. The zero-order chi connectivity index (χ0) is 18.6. The van der Waals surface area contributed by atoms with E-state index in [0.29, 0.717) is 31.5 Å². The van der Waals surface area contributed by atoms with Gasteiger partial charge in [-0.2, -0.15) is 0 Å². The summed E-state index contributed by atoms with van der Waals surface area (Å²) in [6, 6.07) is 0.579. The van der Waals surface area contributed by atoms with E-state index in [0.717, 1.165) is 44.9 Å². The highest BCUT2D eigenvalue weighted by molar-refractivity contribution is 5.85. The molecule has 0 saturated heterocycles. The van der Waals surface area contributed by atoms with Crippen molar-refractivity contribution in [2.45, 2.75) is 95.6 Å². The number of urea groups is 1. The van der Waals surface area contributed by atoms with Gasteiger partial charge >= 0.3 is 6.03 Å². The largest absolute Gasteiger partial charge is 0.353 e. The van der Waals surface area contributed by atoms with Crippen LogP contribution in [0.25, 0.3) is 0 Å². The molecule has 0 aliphatic heterocycles. The summed E-state index contributed by atoms with van der Waals surface area (Å²) in [5, 5.41) is 9.17. The van der Waals surface area contributed by atoms with Crippen molar-refractivity contribution in [1.29, 1.82) is 0 Å². The van der Waals surface area contributed by atoms with Crippen molar-refractivity contribution >= 4 is 24.3 Å². The lowest BCUT2D eigenvalue weighted by atomic mass is 9.84. The Morgan fingerprint density at radius 1 is 0.852 bits per heavy atom. The first-order chi connectivity index (χ1) is 12.7. The normalized spacial score (nSPS) is 23.1. The van der Waals surface area contributed by atoms with Crippen LogP contribution in [0.5, 0.6) is 0 Å². The van der Waals surface area contributed by atoms with Crippen LogP contribution in [-0.2, 0) is 4.79 Å². The summed E-state index contributed by atoms with van der Waals surface area (Å²) in [6.45, 7) is 1.34. The van der Waals surface area contributed by atoms with E-state index < -0.39 is 0 Å². The zero-order valence-electron chi connectivity index (χ0n) is 16.6. The van der Waals surface area contributed by atoms with Gasteiger partial charge in [0.05, 0.1) is 0 Å². The molecule has 0 aromatic carbocycles. The summed E-state index contributed by atoms with van der Waals surface area (Å²) in [6.07, 6.45) is 13.9. The highest BCUT2D eigenvalue weighted by Gasteiger charge is 2.24. The van der Waals surface area contributed by atoms with Crippen LogP contribution < -0.4 is 21.7 Å². The van der Waals surface area contributed by atoms with E-state index >= 15 is 0 Å². The van der Waals surface area contributed by atoms with Crippen molar-refractivity contribution in [3.8, 4) is 0 Å². The summed E-state index contributed by atoms with van der Waals surface area (Å²) in [5.74, 6) is 0.595. The Balaban J connectivity index is 0.00000364. The standard InChI is InChI=1S/C20H38N4O2.ClH/c21-15-16-9-6-7-12-18(16)24-19(25)13-5-2-8-14-22-20(26)23-17-10-3-1-4-11-17;/h16-18H,1-15,21H2,(H,24,25)(H2,22,23,26);1H. The van der Waals surface area contributed by atoms with E-state index in [-0.39, 0.29) is 30.4 Å². The van der Waals surface area contributed by atoms with E-state index in [1.807, 2.05) is 0 Å². The molecule has 2 unspecified atom stereocenters. The second kappa shape index (κ2) is 14.1. The molecule has 0 spiro atoms. The fourth-order valence-corrected chi connectivity index (χ4v) is 4.23. The van der Waals surface area contributed by atoms with Crippen molar-refractivity contribution in [1.82, 2.24) is 16.0 Å². The molecule has 2 rings (SSSR count). The fourth-order valence-electron chi connectivity index (χ4n) is 4.23. The topological polar surface area (TPSA) is 96.2 Å². The molecular formula is C20H39ClN4O2. The number of nitrogens with one attached hydrogen (secondary N) is 3. The van der Waals surface area contributed by atoms with Gasteiger partial charge in [-0.25, -0.2) is 4.79 Å². The molecule has 0 aromatic heterocycles. The monoisotopic (exact) mass is 402 g/mol. The lowest BCUT2D eigenvalue weighted by Gasteiger charge is -2.31. The number of halogens is 1. The summed E-state index contributed by atoms with van der Waals surface area (Å²) >= 11 is 0. The number of nitrogens with two attached hydrogens (primary N) is 1. The van der Waals surface area contributed by atoms with Crippen molar-refractivity contribution in [2.24, 2.45) is 11.7 Å². The summed E-state index contributed by atoms with van der Waals surface area (Å²) in [7, 11) is 0. The van der Waals surface area contributed by atoms with E-state index in [9.17, 15) is 9.59 Å². The highest BCUT2D eigenvalue weighted by atomic mass is 35.5. The molecule has 27 heavy (non-hydrogen) atoms. The molecule has 0 heterocycles. The summed E-state index contributed by atoms with van der Waals surface area (Å²) in [4.78, 5) is 23.9. The van der Waals surface area contributed by atoms with Gasteiger partial charge < -0.3 is 21.7 Å². The highest BCUT2D eigenvalue weighted by Crippen LogP contribution is 2.23. The van der Waals surface area contributed by atoms with Crippen molar-refractivity contribution in [3.63, 3.8) is 0 Å². The molecule has 2 saturated carbocycles. The van der Waals surface area contributed by atoms with Crippen LogP contribution in [-0.4, -0.2) is 37.1 Å². The average Bonchev–Trinajstić information content (AvgIpc) is 2.66. The molecule has 3 amide bonds. The van der Waals surface area contributed by atoms with Gasteiger partial charge in [0.2, 0.25) is 5.91 Å². The first-order valence-electron chi connectivity index (χ1n) is 10.7. The van der Waals surface area contributed by atoms with Crippen molar-refractivity contribution in [3.05, 3.63) is 0 Å². The average molecular weight is 403 g/mol. The number of amides is 3. The van der Waals surface area contributed by atoms with Crippen LogP contribution in [0, 0.1) is 5.92 Å². The number of rotatable bonds is 9. The Hall–Kier alpha value is -1.01. The molecule has 158 valence electrons. The zero-order valence-corrected chi connectivity index (χ0v) is 17.5. The van der Waals surface area contributed by atoms with Crippen LogP contribution in [0.4, 0.5) is 4.79 Å². The maximum absolute atomic E-state index is 12.1. The molecule has 7 heteroatoms. The van der Waals surface area contributed by atoms with Gasteiger partial charge in [-0.3, -0.25) is 4.79 Å². The smallest absolute Gasteiger partial charge is 0.315 e. The van der Waals surface area contributed by atoms with Gasteiger partial charge in [0.25, 0.3) is 0 Å². The Morgan fingerprint density at radius 2 is 1.56 bits per heavy atom. The third-order valence-electron chi connectivity index (χ3n) is 5.86. The molecule has 5 N–H and O–H groups in total. The van der Waals surface area contributed by atoms with Gasteiger partial charge in [-0.1, -0.05) is 38.5 Å². The van der Waals surface area contributed by atoms with Crippen LogP contribution in [0.3, 0.4) is 0 Å². The third-order valence-corrected chi connectivity index (χ3v) is 5.86. The van der Waals surface area contributed by atoms with Crippen LogP contribution >= 0.6 is 12.4 Å². The second-order valence-corrected chi connectivity index (χ2v) is 8.00. The maximum atomic E-state index is 12.1. The molecular weight excluding hydrogens is 364 g/mol. The SMILES string of the molecule is Cl.NCC1CCCCC1NC(=O)CCCCCNC(=O)NC1CCCCC1. The lowest BCUT2D eigenvalue weighted by molar-refractivity contribution is -0.122. The van der Waals surface area contributed by atoms with E-state index in [2.05, 4.69) is 16.0 Å². The molecule has 0 aromatic rings. The van der Waals surface area contributed by atoms with E-state index in [4.69, 9.17) is 5.73 Å². The molecule has 2 fully saturated rings. The summed E-state index contributed by atoms with van der Waals surface area (Å²) in [5.41, 5.74) is 5.82.